The van der Waals surface area contributed by atoms with Crippen molar-refractivity contribution < 1.29 is 4.74 Å². The summed E-state index contributed by atoms with van der Waals surface area (Å²) in [6, 6.07) is 5.51. The maximum atomic E-state index is 6.22. The summed E-state index contributed by atoms with van der Waals surface area (Å²) < 4.78 is 7.49. The van der Waals surface area contributed by atoms with Gasteiger partial charge in [-0.2, -0.15) is 5.10 Å². The van der Waals surface area contributed by atoms with Crippen molar-refractivity contribution in [3.05, 3.63) is 44.6 Å². The van der Waals surface area contributed by atoms with Crippen LogP contribution in [0.3, 0.4) is 0 Å². The molecular formula is C13H14BrCl2N3O. The number of benzene rings is 1. The van der Waals surface area contributed by atoms with Crippen LogP contribution < -0.4 is 5.32 Å². The van der Waals surface area contributed by atoms with Crippen molar-refractivity contribution in [3.63, 3.8) is 0 Å². The summed E-state index contributed by atoms with van der Waals surface area (Å²) in [5.74, 6) is 0. The van der Waals surface area contributed by atoms with E-state index in [1.165, 1.54) is 0 Å². The molecule has 0 unspecified atom stereocenters. The molecule has 0 saturated carbocycles. The molecule has 0 bridgehead atoms. The molecule has 0 aliphatic rings. The molecular weight excluding hydrogens is 365 g/mol. The third-order valence-corrected chi connectivity index (χ3v) is 3.68. The van der Waals surface area contributed by atoms with Crippen molar-refractivity contribution in [2.75, 3.05) is 20.3 Å². The summed E-state index contributed by atoms with van der Waals surface area (Å²) in [6.07, 6.45) is 1.84. The van der Waals surface area contributed by atoms with Crippen molar-refractivity contribution in [1.82, 2.24) is 15.1 Å². The number of nitrogens with zero attached hydrogens (tertiary/aromatic N) is 2. The highest BCUT2D eigenvalue weighted by atomic mass is 79.9. The first-order valence-corrected chi connectivity index (χ1v) is 7.56. The Labute approximate surface area is 136 Å². The molecule has 1 aromatic heterocycles. The van der Waals surface area contributed by atoms with Crippen LogP contribution in [0.1, 0.15) is 5.69 Å². The molecule has 0 atom stereocenters. The zero-order chi connectivity index (χ0) is 14.5. The van der Waals surface area contributed by atoms with Gasteiger partial charge in [0.05, 0.1) is 22.3 Å². The molecule has 0 spiro atoms. The predicted molar refractivity (Wildman–Crippen MR) is 84.9 cm³/mol. The normalized spacial score (nSPS) is 11.0. The number of ether oxygens (including phenoxy) is 1. The van der Waals surface area contributed by atoms with Gasteiger partial charge in [-0.25, -0.2) is 4.68 Å². The maximum absolute atomic E-state index is 6.22. The second-order valence-electron chi connectivity index (χ2n) is 4.14. The average Bonchev–Trinajstić information content (AvgIpc) is 2.82. The lowest BCUT2D eigenvalue weighted by molar-refractivity contribution is 0.199. The molecule has 0 amide bonds. The van der Waals surface area contributed by atoms with Crippen LogP contribution in [0.5, 0.6) is 0 Å². The first-order valence-electron chi connectivity index (χ1n) is 6.01. The zero-order valence-electron chi connectivity index (χ0n) is 10.9. The van der Waals surface area contributed by atoms with E-state index < -0.39 is 0 Å². The molecule has 0 aliphatic heterocycles. The van der Waals surface area contributed by atoms with Gasteiger partial charge >= 0.3 is 0 Å². The Kier molecular flexibility index (Phi) is 5.86. The molecule has 108 valence electrons. The highest BCUT2D eigenvalue weighted by Gasteiger charge is 2.11. The van der Waals surface area contributed by atoms with Gasteiger partial charge in [0.25, 0.3) is 0 Å². The van der Waals surface area contributed by atoms with E-state index in [9.17, 15) is 0 Å². The number of halogens is 3. The van der Waals surface area contributed by atoms with Gasteiger partial charge in [-0.05, 0) is 18.2 Å². The Morgan fingerprint density at radius 2 is 2.05 bits per heavy atom. The third-order valence-electron chi connectivity index (χ3n) is 2.64. The van der Waals surface area contributed by atoms with Crippen LogP contribution >= 0.6 is 39.1 Å². The highest BCUT2D eigenvalue weighted by molar-refractivity contribution is 9.10. The van der Waals surface area contributed by atoms with Gasteiger partial charge in [0, 0.05) is 30.9 Å². The van der Waals surface area contributed by atoms with Gasteiger partial charge in [0.2, 0.25) is 0 Å². The van der Waals surface area contributed by atoms with Crippen LogP contribution in [0.2, 0.25) is 10.0 Å². The van der Waals surface area contributed by atoms with Crippen LogP contribution in [0.15, 0.2) is 28.9 Å². The van der Waals surface area contributed by atoms with Crippen LogP contribution in [-0.4, -0.2) is 30.0 Å². The summed E-state index contributed by atoms with van der Waals surface area (Å²) in [7, 11) is 1.67. The second kappa shape index (κ2) is 7.43. The van der Waals surface area contributed by atoms with Crippen LogP contribution in [0, 0.1) is 0 Å². The fourth-order valence-electron chi connectivity index (χ4n) is 1.72. The molecule has 1 aromatic carbocycles. The van der Waals surface area contributed by atoms with Crippen LogP contribution in [0.25, 0.3) is 5.69 Å². The number of methoxy groups -OCH3 is 1. The standard InChI is InChI=1S/C13H14BrCl2N3O/c1-20-5-3-17-8-10-2-4-19(18-10)13-11(15)6-9(14)7-12(13)16/h2,4,6-7,17H,3,5,8H2,1H3. The minimum Gasteiger partial charge on any atom is -0.383 e. The van der Waals surface area contributed by atoms with E-state index in [-0.39, 0.29) is 0 Å². The lowest BCUT2D eigenvalue weighted by Crippen LogP contribution is -2.18. The Bertz CT molecular complexity index is 566. The van der Waals surface area contributed by atoms with Crippen molar-refractivity contribution in [2.45, 2.75) is 6.54 Å². The largest absolute Gasteiger partial charge is 0.383 e. The molecule has 0 aliphatic carbocycles. The Morgan fingerprint density at radius 3 is 2.70 bits per heavy atom. The van der Waals surface area contributed by atoms with Gasteiger partial charge in [-0.15, -0.1) is 0 Å². The Balaban J connectivity index is 2.13. The topological polar surface area (TPSA) is 39.1 Å². The quantitative estimate of drug-likeness (QED) is 0.779. The Morgan fingerprint density at radius 1 is 1.35 bits per heavy atom. The van der Waals surface area contributed by atoms with Crippen molar-refractivity contribution in [2.24, 2.45) is 0 Å². The van der Waals surface area contributed by atoms with Crippen LogP contribution in [0.4, 0.5) is 0 Å². The molecule has 1 N–H and O–H groups in total. The van der Waals surface area contributed by atoms with Gasteiger partial charge < -0.3 is 10.1 Å². The van der Waals surface area contributed by atoms with E-state index in [4.69, 9.17) is 27.9 Å². The van der Waals surface area contributed by atoms with Crippen molar-refractivity contribution in [1.29, 1.82) is 0 Å². The maximum Gasteiger partial charge on any atom is 0.102 e. The van der Waals surface area contributed by atoms with Gasteiger partial charge in [0.15, 0.2) is 0 Å². The Hall–Kier alpha value is -0.590. The van der Waals surface area contributed by atoms with E-state index >= 15 is 0 Å². The fourth-order valence-corrected chi connectivity index (χ4v) is 3.11. The molecule has 2 aromatic rings. The SMILES string of the molecule is COCCNCc1ccn(-c2c(Cl)cc(Br)cc2Cl)n1. The van der Waals surface area contributed by atoms with Gasteiger partial charge in [-0.1, -0.05) is 39.1 Å². The molecule has 4 nitrogen and oxygen atoms in total. The number of hydrogen-bond acceptors (Lipinski definition) is 3. The fraction of sp³-hybridized carbons (Fsp3) is 0.308. The minimum absolute atomic E-state index is 0.548. The molecule has 20 heavy (non-hydrogen) atoms. The number of hydrogen-bond donors (Lipinski definition) is 1. The number of aromatic nitrogens is 2. The molecule has 0 radical (unpaired) electrons. The molecule has 2 rings (SSSR count). The minimum atomic E-state index is 0.548. The van der Waals surface area contributed by atoms with Gasteiger partial charge in [-0.3, -0.25) is 0 Å². The average molecular weight is 379 g/mol. The summed E-state index contributed by atoms with van der Waals surface area (Å²) in [6.45, 7) is 2.12. The summed E-state index contributed by atoms with van der Waals surface area (Å²) in [5.41, 5.74) is 1.59. The van der Waals surface area contributed by atoms with Gasteiger partial charge in [0.1, 0.15) is 5.69 Å². The summed E-state index contributed by atoms with van der Waals surface area (Å²) in [5, 5.41) is 8.79. The van der Waals surface area contributed by atoms with E-state index in [1.807, 2.05) is 12.3 Å². The number of nitrogens with one attached hydrogen (secondary N) is 1. The molecule has 0 saturated heterocycles. The zero-order valence-corrected chi connectivity index (χ0v) is 14.0. The summed E-state index contributed by atoms with van der Waals surface area (Å²) >= 11 is 15.8. The third kappa shape index (κ3) is 3.96. The first kappa shape index (κ1) is 15.8. The lowest BCUT2D eigenvalue weighted by atomic mass is 10.3. The molecule has 0 fully saturated rings. The van der Waals surface area contributed by atoms with E-state index in [0.29, 0.717) is 28.9 Å². The van der Waals surface area contributed by atoms with E-state index in [1.54, 1.807) is 23.9 Å². The summed E-state index contributed by atoms with van der Waals surface area (Å²) in [4.78, 5) is 0. The lowest BCUT2D eigenvalue weighted by Gasteiger charge is -2.07. The smallest absolute Gasteiger partial charge is 0.102 e. The monoisotopic (exact) mass is 377 g/mol. The molecule has 7 heteroatoms. The van der Waals surface area contributed by atoms with Crippen molar-refractivity contribution >= 4 is 39.1 Å². The second-order valence-corrected chi connectivity index (χ2v) is 5.87. The highest BCUT2D eigenvalue weighted by Crippen LogP contribution is 2.31. The van der Waals surface area contributed by atoms with Crippen molar-refractivity contribution in [3.8, 4) is 5.69 Å². The first-order chi connectivity index (χ1) is 9.61. The number of rotatable bonds is 6. The predicted octanol–water partition coefficient (Wildman–Crippen LogP) is 3.68. The van der Waals surface area contributed by atoms with Crippen LogP contribution in [-0.2, 0) is 11.3 Å². The molecule has 1 heterocycles. The van der Waals surface area contributed by atoms with E-state index in [2.05, 4.69) is 26.3 Å². The van der Waals surface area contributed by atoms with E-state index in [0.717, 1.165) is 16.7 Å².